The molecule has 116 valence electrons. The van der Waals surface area contributed by atoms with Crippen LogP contribution < -0.4 is 10.1 Å². The van der Waals surface area contributed by atoms with Crippen molar-refractivity contribution in [2.45, 2.75) is 31.7 Å². The lowest BCUT2D eigenvalue weighted by Crippen LogP contribution is -2.44. The number of benzene rings is 1. The molecule has 1 aromatic carbocycles. The highest BCUT2D eigenvalue weighted by Crippen LogP contribution is 2.26. The molecular formula is C16H23BrN2O2. The molecule has 1 saturated heterocycles. The molecule has 0 aliphatic carbocycles. The van der Waals surface area contributed by atoms with E-state index in [-0.39, 0.29) is 5.91 Å². The van der Waals surface area contributed by atoms with E-state index in [1.807, 2.05) is 30.1 Å². The van der Waals surface area contributed by atoms with E-state index in [0.29, 0.717) is 12.5 Å². The van der Waals surface area contributed by atoms with Crippen molar-refractivity contribution in [3.05, 3.63) is 28.2 Å². The first kappa shape index (κ1) is 16.3. The Labute approximate surface area is 135 Å². The van der Waals surface area contributed by atoms with Crippen molar-refractivity contribution in [2.75, 3.05) is 27.2 Å². The number of methoxy groups -OCH3 is 1. The lowest BCUT2D eigenvalue weighted by atomic mass is 10.0. The largest absolute Gasteiger partial charge is 0.496 e. The summed E-state index contributed by atoms with van der Waals surface area (Å²) in [6, 6.07) is 6.36. The number of carbonyl (C=O) groups excluding carboxylic acids is 1. The third-order valence-electron chi connectivity index (χ3n) is 4.09. The lowest BCUT2D eigenvalue weighted by Gasteiger charge is -2.31. The van der Waals surface area contributed by atoms with Gasteiger partial charge in [0.05, 0.1) is 11.6 Å². The van der Waals surface area contributed by atoms with Gasteiger partial charge in [-0.25, -0.2) is 0 Å². The predicted molar refractivity (Wildman–Crippen MR) is 87.7 cm³/mol. The van der Waals surface area contributed by atoms with Gasteiger partial charge in [-0.2, -0.15) is 0 Å². The van der Waals surface area contributed by atoms with E-state index < -0.39 is 0 Å². The zero-order chi connectivity index (χ0) is 15.2. The van der Waals surface area contributed by atoms with E-state index in [1.54, 1.807) is 7.11 Å². The van der Waals surface area contributed by atoms with Crippen LogP contribution in [0.5, 0.6) is 5.75 Å². The van der Waals surface area contributed by atoms with Crippen molar-refractivity contribution in [1.29, 1.82) is 0 Å². The number of nitrogens with one attached hydrogen (secondary N) is 1. The van der Waals surface area contributed by atoms with E-state index in [0.717, 1.165) is 48.1 Å². The average molecular weight is 355 g/mol. The van der Waals surface area contributed by atoms with E-state index in [2.05, 4.69) is 21.2 Å². The molecule has 1 heterocycles. The normalized spacial score (nSPS) is 15.8. The monoisotopic (exact) mass is 354 g/mol. The highest BCUT2D eigenvalue weighted by atomic mass is 79.9. The van der Waals surface area contributed by atoms with Gasteiger partial charge in [-0.05, 0) is 66.0 Å². The van der Waals surface area contributed by atoms with Crippen molar-refractivity contribution < 1.29 is 9.53 Å². The zero-order valence-corrected chi connectivity index (χ0v) is 14.3. The van der Waals surface area contributed by atoms with Gasteiger partial charge in [0, 0.05) is 19.5 Å². The molecule has 2 rings (SSSR count). The molecule has 0 unspecified atom stereocenters. The molecule has 1 aliphatic rings. The van der Waals surface area contributed by atoms with Gasteiger partial charge >= 0.3 is 0 Å². The van der Waals surface area contributed by atoms with E-state index in [9.17, 15) is 4.79 Å². The van der Waals surface area contributed by atoms with Gasteiger partial charge in [-0.3, -0.25) is 4.79 Å². The first-order chi connectivity index (χ1) is 10.1. The van der Waals surface area contributed by atoms with Crippen LogP contribution in [-0.4, -0.2) is 44.1 Å². The molecule has 1 fully saturated rings. The van der Waals surface area contributed by atoms with Gasteiger partial charge in [-0.1, -0.05) is 6.07 Å². The Balaban J connectivity index is 1.86. The molecular weight excluding hydrogens is 332 g/mol. The Morgan fingerprint density at radius 2 is 2.14 bits per heavy atom. The number of hydrogen-bond acceptors (Lipinski definition) is 3. The molecule has 1 aliphatic heterocycles. The fraction of sp³-hybridized carbons (Fsp3) is 0.562. The number of amides is 1. The molecule has 1 amide bonds. The molecule has 5 heteroatoms. The van der Waals surface area contributed by atoms with Crippen LogP contribution in [0.25, 0.3) is 0 Å². The van der Waals surface area contributed by atoms with Crippen molar-refractivity contribution in [1.82, 2.24) is 10.2 Å². The number of carbonyl (C=O) groups is 1. The van der Waals surface area contributed by atoms with Crippen molar-refractivity contribution in [2.24, 2.45) is 0 Å². The van der Waals surface area contributed by atoms with E-state index in [1.165, 1.54) is 0 Å². The second-order valence-electron chi connectivity index (χ2n) is 5.45. The van der Waals surface area contributed by atoms with Gasteiger partial charge in [0.1, 0.15) is 5.75 Å². The minimum absolute atomic E-state index is 0.230. The van der Waals surface area contributed by atoms with Crippen molar-refractivity contribution in [3.63, 3.8) is 0 Å². The molecule has 0 saturated carbocycles. The lowest BCUT2D eigenvalue weighted by molar-refractivity contribution is -0.132. The quantitative estimate of drug-likeness (QED) is 0.883. The summed E-state index contributed by atoms with van der Waals surface area (Å²) in [4.78, 5) is 14.2. The topological polar surface area (TPSA) is 41.6 Å². The van der Waals surface area contributed by atoms with Crippen LogP contribution in [0.4, 0.5) is 0 Å². The summed E-state index contributed by atoms with van der Waals surface area (Å²) < 4.78 is 6.15. The maximum atomic E-state index is 12.3. The molecule has 21 heavy (non-hydrogen) atoms. The third kappa shape index (κ3) is 4.45. The predicted octanol–water partition coefficient (Wildman–Crippen LogP) is 2.60. The highest BCUT2D eigenvalue weighted by molar-refractivity contribution is 9.10. The summed E-state index contributed by atoms with van der Waals surface area (Å²) in [5.74, 6) is 1.05. The number of ether oxygens (including phenoxy) is 1. The van der Waals surface area contributed by atoms with Crippen LogP contribution >= 0.6 is 15.9 Å². The minimum Gasteiger partial charge on any atom is -0.496 e. The molecule has 0 atom stereocenters. The van der Waals surface area contributed by atoms with Crippen LogP contribution in [0.3, 0.4) is 0 Å². The number of halogens is 1. The summed E-state index contributed by atoms with van der Waals surface area (Å²) in [7, 11) is 3.58. The fourth-order valence-electron chi connectivity index (χ4n) is 2.69. The Bertz CT molecular complexity index is 487. The van der Waals surface area contributed by atoms with E-state index >= 15 is 0 Å². The van der Waals surface area contributed by atoms with Crippen LogP contribution in [0.2, 0.25) is 0 Å². The summed E-state index contributed by atoms with van der Waals surface area (Å²) in [6.07, 6.45) is 3.42. The van der Waals surface area contributed by atoms with Crippen LogP contribution in [0.1, 0.15) is 24.8 Å². The minimum atomic E-state index is 0.230. The summed E-state index contributed by atoms with van der Waals surface area (Å²) in [5, 5.41) is 3.33. The summed E-state index contributed by atoms with van der Waals surface area (Å²) >= 11 is 3.48. The molecule has 0 radical (unpaired) electrons. The van der Waals surface area contributed by atoms with Gasteiger partial charge in [0.2, 0.25) is 5.91 Å². The first-order valence-corrected chi connectivity index (χ1v) is 8.20. The number of piperidine rings is 1. The summed E-state index contributed by atoms with van der Waals surface area (Å²) in [6.45, 7) is 2.02. The maximum Gasteiger partial charge on any atom is 0.222 e. The standard InChI is InChI=1S/C16H23BrN2O2/c1-19(13-7-9-18-10-8-13)16(20)6-4-12-3-5-15(21-2)14(17)11-12/h3,5,11,13,18H,4,6-10H2,1-2H3. The van der Waals surface area contributed by atoms with Gasteiger partial charge < -0.3 is 15.0 Å². The first-order valence-electron chi connectivity index (χ1n) is 7.40. The van der Waals surface area contributed by atoms with Crippen LogP contribution in [0.15, 0.2) is 22.7 Å². The molecule has 0 aromatic heterocycles. The number of hydrogen-bond donors (Lipinski definition) is 1. The van der Waals surface area contributed by atoms with Crippen LogP contribution in [0, 0.1) is 0 Å². The molecule has 0 spiro atoms. The molecule has 4 nitrogen and oxygen atoms in total. The SMILES string of the molecule is COc1ccc(CCC(=O)N(C)C2CCNCC2)cc1Br. The van der Waals surface area contributed by atoms with Crippen molar-refractivity contribution in [3.8, 4) is 5.75 Å². The molecule has 1 aromatic rings. The third-order valence-corrected chi connectivity index (χ3v) is 4.71. The Morgan fingerprint density at radius 3 is 2.76 bits per heavy atom. The van der Waals surface area contributed by atoms with Gasteiger partial charge in [-0.15, -0.1) is 0 Å². The Kier molecular flexibility index (Phi) is 6.06. The van der Waals surface area contributed by atoms with Gasteiger partial charge in [0.15, 0.2) is 0 Å². The number of rotatable bonds is 5. The molecule has 1 N–H and O–H groups in total. The van der Waals surface area contributed by atoms with E-state index in [4.69, 9.17) is 4.74 Å². The number of aryl methyl sites for hydroxylation is 1. The summed E-state index contributed by atoms with van der Waals surface area (Å²) in [5.41, 5.74) is 1.15. The Morgan fingerprint density at radius 1 is 1.43 bits per heavy atom. The van der Waals surface area contributed by atoms with Crippen LogP contribution in [-0.2, 0) is 11.2 Å². The highest BCUT2D eigenvalue weighted by Gasteiger charge is 2.21. The molecule has 0 bridgehead atoms. The second kappa shape index (κ2) is 7.80. The smallest absolute Gasteiger partial charge is 0.222 e. The van der Waals surface area contributed by atoms with Crippen molar-refractivity contribution >= 4 is 21.8 Å². The van der Waals surface area contributed by atoms with Gasteiger partial charge in [0.25, 0.3) is 0 Å². The Hall–Kier alpha value is -1.07. The fourth-order valence-corrected chi connectivity index (χ4v) is 3.28. The number of nitrogens with zero attached hydrogens (tertiary/aromatic N) is 1. The second-order valence-corrected chi connectivity index (χ2v) is 6.31. The zero-order valence-electron chi connectivity index (χ0n) is 12.7. The maximum absolute atomic E-state index is 12.3. The average Bonchev–Trinajstić information content (AvgIpc) is 2.52.